The third kappa shape index (κ3) is 33.1. The molecule has 0 amide bonds. The maximum Gasteiger partial charge on any atom is 1.00 e. The van der Waals surface area contributed by atoms with Crippen LogP contribution < -0.4 is 78.5 Å². The van der Waals surface area contributed by atoms with Gasteiger partial charge in [-0.25, -0.2) is 0 Å². The summed E-state index contributed by atoms with van der Waals surface area (Å²) in [5, 5.41) is 31.8. The molecule has 5 atom stereocenters. The molecule has 0 fully saturated rings. The predicted molar refractivity (Wildman–Crippen MR) is 219 cm³/mol. The number of azide groups is 1. The molecule has 0 heterocycles. The number of nitrogens with zero attached hydrogens (tertiary/aromatic N) is 6. The summed E-state index contributed by atoms with van der Waals surface area (Å²) >= 11 is 9.76. The first-order chi connectivity index (χ1) is 24.3. The van der Waals surface area contributed by atoms with E-state index in [2.05, 4.69) is 49.6 Å². The number of hydrazone groups is 1. The summed E-state index contributed by atoms with van der Waals surface area (Å²) in [5.74, 6) is 0.881. The molecule has 0 bridgehead atoms. The summed E-state index contributed by atoms with van der Waals surface area (Å²) in [5.41, 5.74) is 10.0. The number of benzene rings is 3. The summed E-state index contributed by atoms with van der Waals surface area (Å²) in [4.78, 5) is 47.0. The number of phenolic OH excluding ortho intramolecular Hbond substituents is 2. The Hall–Kier alpha value is 0.0600. The van der Waals surface area contributed by atoms with Crippen molar-refractivity contribution < 1.29 is 103 Å². The number of rotatable bonds is 15. The van der Waals surface area contributed by atoms with Crippen molar-refractivity contribution in [2.45, 2.75) is 6.42 Å². The minimum absolute atomic E-state index is 0. The molecule has 0 aromatic heterocycles. The first-order valence-electron chi connectivity index (χ1n) is 14.0. The number of aromatic hydroxyl groups is 2. The predicted octanol–water partition coefficient (Wildman–Crippen LogP) is -0.438. The van der Waals surface area contributed by atoms with E-state index in [9.17, 15) is 24.0 Å². The Morgan fingerprint density at radius 3 is 1.80 bits per heavy atom. The van der Waals surface area contributed by atoms with Crippen LogP contribution in [0.1, 0.15) is 16.7 Å². The molecule has 284 valence electrons. The van der Waals surface area contributed by atoms with Crippen molar-refractivity contribution in [3.63, 3.8) is 0 Å². The van der Waals surface area contributed by atoms with E-state index in [1.807, 2.05) is 7.05 Å². The van der Waals surface area contributed by atoms with E-state index in [1.54, 1.807) is 86.1 Å². The third-order valence-corrected chi connectivity index (χ3v) is 10.4. The zero-order chi connectivity index (χ0) is 39.7. The fourth-order valence-electron chi connectivity index (χ4n) is 3.21. The monoisotopic (exact) mass is 933 g/mol. The molecule has 0 aliphatic heterocycles. The normalized spacial score (nSPS) is 12.6. The maximum atomic E-state index is 11.1. The van der Waals surface area contributed by atoms with Gasteiger partial charge in [-0.05, 0) is 108 Å². The van der Waals surface area contributed by atoms with Gasteiger partial charge in [0.15, 0.2) is 5.75 Å². The zero-order valence-electron chi connectivity index (χ0n) is 29.6. The molecule has 3 aromatic carbocycles. The standard InChI is InChI=1S/C18H24N3O8P3S.C7H7NO.CH4NPS.H4N3P3.2Na/c1-20(19-12-16-2-6-17(22)7-3-16)30(33)29-18-8-4-15(5-9-18)10-11-21(13-31(23,24)25)14-32(26,27)28;8-5-6-1-3-7(9)4-2-6;1-2-3-4;1-2-3-6(4)5;;/h2-9,12H,10-11,13-14H2,1H3,(H4-,19,22,23,24,25,26,27,28);1-5,8-9H;1H3,(H,2,4);4-5H2;;/q;;;;2*+1/p-1. The summed E-state index contributed by atoms with van der Waals surface area (Å²) in [6.45, 7) is -0.0256. The number of hydrogen-bond donors (Lipinski definition) is 6. The Balaban J connectivity index is -0.00000101. The van der Waals surface area contributed by atoms with E-state index in [0.29, 0.717) is 5.75 Å². The van der Waals surface area contributed by atoms with Gasteiger partial charge in [-0.2, -0.15) is 0 Å². The molecule has 6 N–H and O–H groups in total. The summed E-state index contributed by atoms with van der Waals surface area (Å²) < 4.78 is 29.4. The van der Waals surface area contributed by atoms with Crippen LogP contribution in [0.2, 0.25) is 0 Å². The van der Waals surface area contributed by atoms with Crippen molar-refractivity contribution >= 4 is 91.1 Å². The molecule has 0 saturated heterocycles. The van der Waals surface area contributed by atoms with Gasteiger partial charge in [-0.1, -0.05) is 21.8 Å². The first-order valence-corrected chi connectivity index (χ1v) is 26.2. The van der Waals surface area contributed by atoms with E-state index in [4.69, 9.17) is 42.2 Å². The van der Waals surface area contributed by atoms with Crippen LogP contribution in [0, 0.1) is 5.41 Å². The summed E-state index contributed by atoms with van der Waals surface area (Å²) in [7, 11) is -2.46. The molecule has 54 heavy (non-hydrogen) atoms. The van der Waals surface area contributed by atoms with Gasteiger partial charge in [-0.3, -0.25) is 14.5 Å². The van der Waals surface area contributed by atoms with Crippen LogP contribution in [-0.4, -0.2) is 75.3 Å². The van der Waals surface area contributed by atoms with E-state index in [1.165, 1.54) is 11.0 Å². The Bertz CT molecular complexity index is 1690. The SMILES string of the molecule is CN(/N=C/c1ccc(O)cc1)[P+](=S)Oc1ccc(CCN(CP(=O)([O-])O)CP(=O)([O-])O)cc1.CNP=S.N=Cc1ccc(O)cc1.[N-]=[N+]=NP(P)P.[Na+].[Na+]. The first kappa shape index (κ1) is 58.4. The molecule has 0 saturated carbocycles. The van der Waals surface area contributed by atoms with Crippen molar-refractivity contribution in [1.29, 1.82) is 5.41 Å². The largest absolute Gasteiger partial charge is 1.00 e. The molecule has 17 nitrogen and oxygen atoms in total. The molecule has 0 aliphatic rings. The minimum Gasteiger partial charge on any atom is -0.778 e. The number of phenols is 2. The molecular formula is C26H38N8Na2O9P7S2+. The van der Waals surface area contributed by atoms with Gasteiger partial charge in [-0.15, -0.1) is 23.0 Å². The zero-order valence-corrected chi connectivity index (χ0v) is 42.0. The van der Waals surface area contributed by atoms with Crippen LogP contribution in [0.5, 0.6) is 17.2 Å². The third-order valence-electron chi connectivity index (χ3n) is 5.38. The molecule has 3 aromatic rings. The Morgan fingerprint density at radius 2 is 1.44 bits per heavy atom. The molecule has 3 rings (SSSR count). The Labute approximate surface area is 377 Å². The van der Waals surface area contributed by atoms with Crippen molar-refractivity contribution in [3.8, 4) is 17.2 Å². The summed E-state index contributed by atoms with van der Waals surface area (Å²) in [6, 6.07) is 19.7. The molecule has 0 aliphatic carbocycles. The average molecular weight is 934 g/mol. The second-order valence-corrected chi connectivity index (χ2v) is 22.0. The van der Waals surface area contributed by atoms with Gasteiger partial charge in [0, 0.05) is 25.1 Å². The molecule has 28 heteroatoms. The maximum absolute atomic E-state index is 11.1. The van der Waals surface area contributed by atoms with Crippen LogP contribution in [0.4, 0.5) is 0 Å². The van der Waals surface area contributed by atoms with Gasteiger partial charge in [0.25, 0.3) is 0 Å². The molecule has 5 unspecified atom stereocenters. The average Bonchev–Trinajstić information content (AvgIpc) is 3.07. The van der Waals surface area contributed by atoms with Crippen LogP contribution in [0.25, 0.3) is 10.4 Å². The van der Waals surface area contributed by atoms with Gasteiger partial charge in [0.1, 0.15) is 26.7 Å². The number of hydrogen-bond acceptors (Lipinski definition) is 13. The fourth-order valence-corrected chi connectivity index (χ4v) is 6.18. The van der Waals surface area contributed by atoms with E-state index in [0.717, 1.165) is 29.1 Å². The van der Waals surface area contributed by atoms with E-state index >= 15 is 0 Å². The second kappa shape index (κ2) is 33.0. The quantitative estimate of drug-likeness (QED) is 0.0215. The minimum atomic E-state index is -4.74. The van der Waals surface area contributed by atoms with Crippen molar-refractivity contribution in [1.82, 2.24) is 14.8 Å². The van der Waals surface area contributed by atoms with Crippen LogP contribution in [0.15, 0.2) is 82.8 Å². The van der Waals surface area contributed by atoms with Gasteiger partial charge in [0.05, 0.1) is 33.3 Å². The smallest absolute Gasteiger partial charge is 0.778 e. The van der Waals surface area contributed by atoms with Crippen molar-refractivity contribution in [2.75, 3.05) is 33.2 Å². The topological polar surface area (TPSA) is 274 Å². The Morgan fingerprint density at radius 1 is 1.00 bits per heavy atom. The summed E-state index contributed by atoms with van der Waals surface area (Å²) in [6.07, 6.45) is 1.30. The fraction of sp³-hybridized carbons (Fsp3) is 0.231. The Kier molecular flexibility index (Phi) is 35.6. The number of nitrogens with one attached hydrogen (secondary N) is 2. The van der Waals surface area contributed by atoms with Gasteiger partial charge < -0.3 is 44.3 Å². The molecule has 0 spiro atoms. The van der Waals surface area contributed by atoms with Gasteiger partial charge >= 0.3 is 66.2 Å². The van der Waals surface area contributed by atoms with Crippen LogP contribution in [-0.2, 0) is 39.2 Å². The van der Waals surface area contributed by atoms with Crippen molar-refractivity contribution in [2.24, 2.45) is 9.99 Å². The van der Waals surface area contributed by atoms with Crippen LogP contribution in [0.3, 0.4) is 0 Å². The van der Waals surface area contributed by atoms with E-state index in [-0.39, 0.29) is 83.6 Å². The van der Waals surface area contributed by atoms with Crippen molar-refractivity contribution in [3.05, 3.63) is 99.9 Å². The molecule has 0 radical (unpaired) electrons. The second-order valence-electron chi connectivity index (χ2n) is 9.61. The van der Waals surface area contributed by atoms with E-state index < -0.39 is 42.3 Å². The van der Waals surface area contributed by atoms with Gasteiger partial charge in [0.2, 0.25) is 11.8 Å². The molecular weight excluding hydrogens is 895 g/mol. The van der Waals surface area contributed by atoms with Crippen LogP contribution >= 0.6 is 55.1 Å².